The van der Waals surface area contributed by atoms with Gasteiger partial charge in [0.2, 0.25) is 0 Å². The fraction of sp³-hybridized carbons (Fsp3) is 0.714. The van der Waals surface area contributed by atoms with Gasteiger partial charge in [0, 0.05) is 6.54 Å². The summed E-state index contributed by atoms with van der Waals surface area (Å²) in [5.41, 5.74) is 0. The maximum absolute atomic E-state index is 4.00. The molecule has 4 nitrogen and oxygen atoms in total. The van der Waals surface area contributed by atoms with E-state index in [1.165, 1.54) is 0 Å². The zero-order valence-corrected chi connectivity index (χ0v) is 7.06. The molecule has 0 N–H and O–H groups in total. The molecule has 1 rings (SSSR count). The summed E-state index contributed by atoms with van der Waals surface area (Å²) in [4.78, 5) is 6.10. The standard InChI is InChI=1S/C7H14N4/c1-3-10(2)4-5-11-7-8-6-9-11/h6-7H,3-5H2,1-2H3. The average molecular weight is 154 g/mol. The van der Waals surface area contributed by atoms with E-state index in [1.807, 2.05) is 4.68 Å². The minimum Gasteiger partial charge on any atom is -0.305 e. The van der Waals surface area contributed by atoms with Crippen LogP contribution in [-0.4, -0.2) is 39.8 Å². The highest BCUT2D eigenvalue weighted by molar-refractivity contribution is 4.57. The fourth-order valence-corrected chi connectivity index (χ4v) is 0.779. The first-order valence-electron chi connectivity index (χ1n) is 3.84. The molecule has 0 aliphatic heterocycles. The highest BCUT2D eigenvalue weighted by Gasteiger charge is 1.94. The van der Waals surface area contributed by atoms with Gasteiger partial charge in [0.25, 0.3) is 0 Å². The van der Waals surface area contributed by atoms with Crippen LogP contribution in [0.5, 0.6) is 0 Å². The monoisotopic (exact) mass is 154 g/mol. The lowest BCUT2D eigenvalue weighted by atomic mass is 10.5. The Morgan fingerprint density at radius 1 is 1.55 bits per heavy atom. The third-order valence-corrected chi connectivity index (χ3v) is 1.72. The second-order valence-electron chi connectivity index (χ2n) is 2.55. The molecule has 0 spiro atoms. The van der Waals surface area contributed by atoms with Crippen molar-refractivity contribution in [1.29, 1.82) is 0 Å². The molecule has 1 aromatic heterocycles. The summed E-state index contributed by atoms with van der Waals surface area (Å²) in [6, 6.07) is 0. The Kier molecular flexibility index (Phi) is 3.04. The number of aromatic nitrogens is 3. The zero-order valence-electron chi connectivity index (χ0n) is 7.06. The summed E-state index contributed by atoms with van der Waals surface area (Å²) in [6.07, 6.45) is 3.30. The first-order chi connectivity index (χ1) is 5.33. The van der Waals surface area contributed by atoms with Crippen LogP contribution < -0.4 is 0 Å². The summed E-state index contributed by atoms with van der Waals surface area (Å²) < 4.78 is 1.84. The number of hydrogen-bond acceptors (Lipinski definition) is 3. The quantitative estimate of drug-likeness (QED) is 0.622. The maximum atomic E-state index is 4.00. The van der Waals surface area contributed by atoms with Crippen molar-refractivity contribution in [1.82, 2.24) is 19.7 Å². The van der Waals surface area contributed by atoms with Crippen LogP contribution >= 0.6 is 0 Å². The number of likely N-dealkylation sites (N-methyl/N-ethyl adjacent to an activating group) is 1. The third-order valence-electron chi connectivity index (χ3n) is 1.72. The average Bonchev–Trinajstić information content (AvgIpc) is 2.52. The molecule has 0 unspecified atom stereocenters. The van der Waals surface area contributed by atoms with Crippen molar-refractivity contribution >= 4 is 0 Å². The van der Waals surface area contributed by atoms with Crippen LogP contribution in [0.2, 0.25) is 0 Å². The van der Waals surface area contributed by atoms with Crippen molar-refractivity contribution in [3.8, 4) is 0 Å². The van der Waals surface area contributed by atoms with Gasteiger partial charge in [0.15, 0.2) is 0 Å². The Bertz CT molecular complexity index is 182. The lowest BCUT2D eigenvalue weighted by molar-refractivity contribution is 0.328. The zero-order chi connectivity index (χ0) is 8.10. The lowest BCUT2D eigenvalue weighted by Crippen LogP contribution is -2.22. The van der Waals surface area contributed by atoms with Crippen LogP contribution in [0.15, 0.2) is 12.7 Å². The van der Waals surface area contributed by atoms with Crippen LogP contribution in [0.25, 0.3) is 0 Å². The molecule has 11 heavy (non-hydrogen) atoms. The molecular weight excluding hydrogens is 140 g/mol. The van der Waals surface area contributed by atoms with E-state index in [0.717, 1.165) is 19.6 Å². The first-order valence-corrected chi connectivity index (χ1v) is 3.84. The normalized spacial score (nSPS) is 10.8. The molecule has 0 amide bonds. The van der Waals surface area contributed by atoms with E-state index in [2.05, 4.69) is 29.0 Å². The molecule has 0 saturated heterocycles. The van der Waals surface area contributed by atoms with E-state index >= 15 is 0 Å². The fourth-order valence-electron chi connectivity index (χ4n) is 0.779. The lowest BCUT2D eigenvalue weighted by Gasteiger charge is -2.12. The van der Waals surface area contributed by atoms with Crippen molar-refractivity contribution in [2.75, 3.05) is 20.1 Å². The van der Waals surface area contributed by atoms with E-state index in [0.29, 0.717) is 0 Å². The molecular formula is C7H14N4. The van der Waals surface area contributed by atoms with Gasteiger partial charge in [-0.25, -0.2) is 4.98 Å². The van der Waals surface area contributed by atoms with Gasteiger partial charge in [-0.1, -0.05) is 6.92 Å². The van der Waals surface area contributed by atoms with Gasteiger partial charge in [-0.15, -0.1) is 0 Å². The molecule has 0 aliphatic rings. The van der Waals surface area contributed by atoms with Gasteiger partial charge in [-0.05, 0) is 13.6 Å². The highest BCUT2D eigenvalue weighted by Crippen LogP contribution is 1.84. The van der Waals surface area contributed by atoms with Crippen molar-refractivity contribution in [2.45, 2.75) is 13.5 Å². The van der Waals surface area contributed by atoms with Gasteiger partial charge in [-0.3, -0.25) is 4.68 Å². The number of hydrogen-bond donors (Lipinski definition) is 0. The summed E-state index contributed by atoms with van der Waals surface area (Å²) in [6.45, 7) is 5.17. The number of nitrogens with zero attached hydrogens (tertiary/aromatic N) is 4. The van der Waals surface area contributed by atoms with Crippen molar-refractivity contribution in [3.05, 3.63) is 12.7 Å². The first kappa shape index (κ1) is 8.20. The second kappa shape index (κ2) is 4.08. The van der Waals surface area contributed by atoms with Gasteiger partial charge in [0.05, 0.1) is 6.54 Å². The Labute approximate surface area is 66.8 Å². The van der Waals surface area contributed by atoms with E-state index in [4.69, 9.17) is 0 Å². The van der Waals surface area contributed by atoms with E-state index in [9.17, 15) is 0 Å². The van der Waals surface area contributed by atoms with Crippen LogP contribution in [-0.2, 0) is 6.54 Å². The van der Waals surface area contributed by atoms with Crippen LogP contribution in [0.1, 0.15) is 6.92 Å². The van der Waals surface area contributed by atoms with Gasteiger partial charge < -0.3 is 4.90 Å². The molecule has 4 heteroatoms. The van der Waals surface area contributed by atoms with E-state index in [1.54, 1.807) is 12.7 Å². The molecule has 0 radical (unpaired) electrons. The van der Waals surface area contributed by atoms with Crippen molar-refractivity contribution in [2.24, 2.45) is 0 Å². The van der Waals surface area contributed by atoms with Gasteiger partial charge in [0.1, 0.15) is 12.7 Å². The Balaban J connectivity index is 2.23. The predicted octanol–water partition coefficient (Wildman–Crippen LogP) is 0.230. The van der Waals surface area contributed by atoms with Crippen LogP contribution in [0.4, 0.5) is 0 Å². The van der Waals surface area contributed by atoms with Crippen molar-refractivity contribution in [3.63, 3.8) is 0 Å². The molecule has 1 heterocycles. The SMILES string of the molecule is CCN(C)CCn1cncn1. The molecule has 0 aliphatic carbocycles. The molecule has 0 atom stereocenters. The Morgan fingerprint density at radius 2 is 2.36 bits per heavy atom. The Morgan fingerprint density at radius 3 is 2.91 bits per heavy atom. The van der Waals surface area contributed by atoms with Crippen LogP contribution in [0.3, 0.4) is 0 Å². The summed E-state index contributed by atoms with van der Waals surface area (Å²) in [5, 5.41) is 4.00. The predicted molar refractivity (Wildman–Crippen MR) is 43.2 cm³/mol. The highest BCUT2D eigenvalue weighted by atomic mass is 15.3. The van der Waals surface area contributed by atoms with Gasteiger partial charge in [-0.2, -0.15) is 5.10 Å². The minimum absolute atomic E-state index is 0.921. The van der Waals surface area contributed by atoms with E-state index in [-0.39, 0.29) is 0 Å². The van der Waals surface area contributed by atoms with Crippen LogP contribution in [0, 0.1) is 0 Å². The maximum Gasteiger partial charge on any atom is 0.137 e. The summed E-state index contributed by atoms with van der Waals surface area (Å²) in [7, 11) is 2.09. The molecule has 0 bridgehead atoms. The third kappa shape index (κ3) is 2.67. The molecule has 62 valence electrons. The number of rotatable bonds is 4. The van der Waals surface area contributed by atoms with Gasteiger partial charge >= 0.3 is 0 Å². The largest absolute Gasteiger partial charge is 0.305 e. The second-order valence-corrected chi connectivity index (χ2v) is 2.55. The molecule has 0 aromatic carbocycles. The smallest absolute Gasteiger partial charge is 0.137 e. The topological polar surface area (TPSA) is 34.0 Å². The Hall–Kier alpha value is -0.900. The summed E-state index contributed by atoms with van der Waals surface area (Å²) in [5.74, 6) is 0. The molecule has 0 fully saturated rings. The minimum atomic E-state index is 0.921. The molecule has 0 saturated carbocycles. The van der Waals surface area contributed by atoms with Crippen molar-refractivity contribution < 1.29 is 0 Å². The molecule has 1 aromatic rings. The summed E-state index contributed by atoms with van der Waals surface area (Å²) >= 11 is 0. The van der Waals surface area contributed by atoms with E-state index < -0.39 is 0 Å².